The van der Waals surface area contributed by atoms with Gasteiger partial charge in [0, 0.05) is 25.2 Å². The first-order valence-electron chi connectivity index (χ1n) is 6.47. The second-order valence-corrected chi connectivity index (χ2v) is 4.18. The minimum absolute atomic E-state index is 0.0794. The van der Waals surface area contributed by atoms with Gasteiger partial charge in [0.15, 0.2) is 0 Å². The van der Waals surface area contributed by atoms with Crippen molar-refractivity contribution in [3.05, 3.63) is 35.4 Å². The molecule has 5 nitrogen and oxygen atoms in total. The molecule has 104 valence electrons. The Hall–Kier alpha value is -1.88. The van der Waals surface area contributed by atoms with E-state index in [1.807, 2.05) is 19.9 Å². The summed E-state index contributed by atoms with van der Waals surface area (Å²) in [6.07, 6.45) is 0. The summed E-state index contributed by atoms with van der Waals surface area (Å²) in [6, 6.07) is 7.18. The summed E-state index contributed by atoms with van der Waals surface area (Å²) in [6.45, 7) is 5.22. The lowest BCUT2D eigenvalue weighted by Gasteiger charge is -2.20. The van der Waals surface area contributed by atoms with Gasteiger partial charge in [-0.15, -0.1) is 0 Å². The van der Waals surface area contributed by atoms with Crippen LogP contribution in [0.3, 0.4) is 0 Å². The van der Waals surface area contributed by atoms with Gasteiger partial charge in [-0.25, -0.2) is 0 Å². The van der Waals surface area contributed by atoms with E-state index in [0.29, 0.717) is 25.2 Å². The highest BCUT2D eigenvalue weighted by atomic mass is 16.2. The molecule has 0 radical (unpaired) electrons. The first-order chi connectivity index (χ1) is 9.12. The number of amides is 2. The van der Waals surface area contributed by atoms with E-state index in [4.69, 9.17) is 5.73 Å². The van der Waals surface area contributed by atoms with E-state index in [0.717, 1.165) is 5.56 Å². The predicted octanol–water partition coefficient (Wildman–Crippen LogP) is 0.743. The summed E-state index contributed by atoms with van der Waals surface area (Å²) in [4.78, 5) is 25.3. The van der Waals surface area contributed by atoms with E-state index in [2.05, 4.69) is 5.32 Å². The Labute approximate surface area is 113 Å². The number of carbonyl (C=O) groups excluding carboxylic acids is 2. The lowest BCUT2D eigenvalue weighted by molar-refractivity contribution is -0.121. The Morgan fingerprint density at radius 3 is 2.63 bits per heavy atom. The molecular formula is C14H21N3O2. The van der Waals surface area contributed by atoms with Gasteiger partial charge < -0.3 is 16.0 Å². The molecule has 0 bridgehead atoms. The van der Waals surface area contributed by atoms with Crippen molar-refractivity contribution in [1.82, 2.24) is 10.2 Å². The summed E-state index contributed by atoms with van der Waals surface area (Å²) >= 11 is 0. The molecule has 19 heavy (non-hydrogen) atoms. The summed E-state index contributed by atoms with van der Waals surface area (Å²) in [5.74, 6) is -0.295. The van der Waals surface area contributed by atoms with E-state index >= 15 is 0 Å². The molecule has 0 saturated carbocycles. The van der Waals surface area contributed by atoms with E-state index in [1.54, 1.807) is 18.2 Å². The van der Waals surface area contributed by atoms with E-state index in [1.165, 1.54) is 4.90 Å². The number of likely N-dealkylation sites (N-methyl/N-ethyl adjacent to an activating group) is 2. The smallest absolute Gasteiger partial charge is 0.254 e. The van der Waals surface area contributed by atoms with Gasteiger partial charge in [0.05, 0.1) is 6.54 Å². The third-order valence-electron chi connectivity index (χ3n) is 2.79. The average Bonchev–Trinajstić information content (AvgIpc) is 2.44. The first-order valence-corrected chi connectivity index (χ1v) is 6.47. The lowest BCUT2D eigenvalue weighted by atomic mass is 10.1. The third kappa shape index (κ3) is 4.37. The van der Waals surface area contributed by atoms with Crippen molar-refractivity contribution in [2.45, 2.75) is 20.4 Å². The van der Waals surface area contributed by atoms with Crippen LogP contribution in [0.5, 0.6) is 0 Å². The molecule has 1 aromatic carbocycles. The zero-order valence-electron chi connectivity index (χ0n) is 11.5. The maximum Gasteiger partial charge on any atom is 0.254 e. The van der Waals surface area contributed by atoms with Crippen LogP contribution in [0.1, 0.15) is 29.8 Å². The molecule has 0 aliphatic heterocycles. The molecule has 0 spiro atoms. The van der Waals surface area contributed by atoms with Crippen LogP contribution >= 0.6 is 0 Å². The number of benzene rings is 1. The molecule has 0 fully saturated rings. The average molecular weight is 263 g/mol. The highest BCUT2D eigenvalue weighted by molar-refractivity contribution is 5.96. The number of rotatable bonds is 6. The minimum atomic E-state index is -0.149. The molecule has 0 saturated heterocycles. The topological polar surface area (TPSA) is 75.4 Å². The fourth-order valence-electron chi connectivity index (χ4n) is 1.77. The number of carbonyl (C=O) groups is 2. The number of nitrogens with two attached hydrogens (primary N) is 1. The van der Waals surface area contributed by atoms with Gasteiger partial charge in [-0.2, -0.15) is 0 Å². The summed E-state index contributed by atoms with van der Waals surface area (Å²) in [5, 5.41) is 2.69. The van der Waals surface area contributed by atoms with Crippen LogP contribution in [-0.4, -0.2) is 36.3 Å². The van der Waals surface area contributed by atoms with Gasteiger partial charge in [-0.1, -0.05) is 12.1 Å². The highest BCUT2D eigenvalue weighted by Crippen LogP contribution is 2.08. The van der Waals surface area contributed by atoms with Crippen molar-refractivity contribution >= 4 is 11.8 Å². The van der Waals surface area contributed by atoms with Crippen molar-refractivity contribution in [2.75, 3.05) is 19.6 Å². The minimum Gasteiger partial charge on any atom is -0.355 e. The molecule has 3 N–H and O–H groups in total. The van der Waals surface area contributed by atoms with Crippen LogP contribution in [0.15, 0.2) is 24.3 Å². The van der Waals surface area contributed by atoms with E-state index < -0.39 is 0 Å². The Bertz CT molecular complexity index is 446. The third-order valence-corrected chi connectivity index (χ3v) is 2.79. The molecule has 0 atom stereocenters. The van der Waals surface area contributed by atoms with Gasteiger partial charge in [-0.05, 0) is 31.5 Å². The molecule has 0 heterocycles. The molecular weight excluding hydrogens is 242 g/mol. The monoisotopic (exact) mass is 263 g/mol. The fraction of sp³-hybridized carbons (Fsp3) is 0.429. The molecule has 0 aromatic heterocycles. The Kier molecular flexibility index (Phi) is 6.02. The molecule has 0 aliphatic rings. The zero-order chi connectivity index (χ0) is 14.3. The Morgan fingerprint density at radius 2 is 2.05 bits per heavy atom. The van der Waals surface area contributed by atoms with Gasteiger partial charge >= 0.3 is 0 Å². The molecule has 1 rings (SSSR count). The summed E-state index contributed by atoms with van der Waals surface area (Å²) < 4.78 is 0. The SMILES string of the molecule is CCNC(=O)CN(CC)C(=O)c1cccc(CN)c1. The van der Waals surface area contributed by atoms with Crippen molar-refractivity contribution in [3.8, 4) is 0 Å². The Morgan fingerprint density at radius 1 is 1.32 bits per heavy atom. The van der Waals surface area contributed by atoms with E-state index in [9.17, 15) is 9.59 Å². The van der Waals surface area contributed by atoms with Gasteiger partial charge in [-0.3, -0.25) is 9.59 Å². The second kappa shape index (κ2) is 7.53. The summed E-state index contributed by atoms with van der Waals surface area (Å²) in [7, 11) is 0. The van der Waals surface area contributed by atoms with Crippen molar-refractivity contribution in [2.24, 2.45) is 5.73 Å². The lowest BCUT2D eigenvalue weighted by Crippen LogP contribution is -2.40. The molecule has 2 amide bonds. The van der Waals surface area contributed by atoms with Crippen molar-refractivity contribution < 1.29 is 9.59 Å². The standard InChI is InChI=1S/C14H21N3O2/c1-3-16-13(18)10-17(4-2)14(19)12-7-5-6-11(8-12)9-15/h5-8H,3-4,9-10,15H2,1-2H3,(H,16,18). The van der Waals surface area contributed by atoms with Gasteiger partial charge in [0.2, 0.25) is 5.91 Å². The predicted molar refractivity (Wildman–Crippen MR) is 74.6 cm³/mol. The first kappa shape index (κ1) is 15.2. The number of nitrogens with one attached hydrogen (secondary N) is 1. The van der Waals surface area contributed by atoms with Crippen molar-refractivity contribution in [1.29, 1.82) is 0 Å². The molecule has 0 aliphatic carbocycles. The van der Waals surface area contributed by atoms with Crippen LogP contribution in [0.25, 0.3) is 0 Å². The van der Waals surface area contributed by atoms with Crippen LogP contribution in [-0.2, 0) is 11.3 Å². The number of nitrogens with zero attached hydrogens (tertiary/aromatic N) is 1. The van der Waals surface area contributed by atoms with Crippen molar-refractivity contribution in [3.63, 3.8) is 0 Å². The van der Waals surface area contributed by atoms with Crippen LogP contribution in [0, 0.1) is 0 Å². The summed E-state index contributed by atoms with van der Waals surface area (Å²) in [5.41, 5.74) is 7.03. The van der Waals surface area contributed by atoms with Gasteiger partial charge in [0.25, 0.3) is 5.91 Å². The maximum atomic E-state index is 12.3. The molecule has 5 heteroatoms. The van der Waals surface area contributed by atoms with Gasteiger partial charge in [0.1, 0.15) is 0 Å². The highest BCUT2D eigenvalue weighted by Gasteiger charge is 2.17. The molecule has 0 unspecified atom stereocenters. The number of hydrogen-bond acceptors (Lipinski definition) is 3. The molecule has 1 aromatic rings. The maximum absolute atomic E-state index is 12.3. The normalized spacial score (nSPS) is 10.1. The zero-order valence-corrected chi connectivity index (χ0v) is 11.5. The second-order valence-electron chi connectivity index (χ2n) is 4.18. The largest absolute Gasteiger partial charge is 0.355 e. The quantitative estimate of drug-likeness (QED) is 0.795. The van der Waals surface area contributed by atoms with Crippen LogP contribution in [0.2, 0.25) is 0 Å². The van der Waals surface area contributed by atoms with E-state index in [-0.39, 0.29) is 18.4 Å². The fourth-order valence-corrected chi connectivity index (χ4v) is 1.77. The number of hydrogen-bond donors (Lipinski definition) is 2. The Balaban J connectivity index is 2.79. The van der Waals surface area contributed by atoms with Crippen LogP contribution < -0.4 is 11.1 Å². The van der Waals surface area contributed by atoms with Crippen LogP contribution in [0.4, 0.5) is 0 Å².